The summed E-state index contributed by atoms with van der Waals surface area (Å²) in [6, 6.07) is 39.8. The molecule has 0 bridgehead atoms. The van der Waals surface area contributed by atoms with E-state index >= 15 is 0 Å². The lowest BCUT2D eigenvalue weighted by Crippen LogP contribution is -2.51. The summed E-state index contributed by atoms with van der Waals surface area (Å²) < 4.78 is 29.5. The molecular formula is C94H82FN27O2S2. The van der Waals surface area contributed by atoms with Gasteiger partial charge in [-0.25, -0.2) is 33.5 Å². The lowest BCUT2D eigenvalue weighted by molar-refractivity contribution is -0.127. The van der Waals surface area contributed by atoms with E-state index in [1.165, 1.54) is 12.3 Å². The molecule has 0 aliphatic carbocycles. The highest BCUT2D eigenvalue weighted by atomic mass is 32.1. The van der Waals surface area contributed by atoms with Crippen molar-refractivity contribution in [3.8, 4) is 128 Å². The van der Waals surface area contributed by atoms with Crippen LogP contribution in [-0.2, 0) is 32.5 Å². The van der Waals surface area contributed by atoms with E-state index < -0.39 is 11.4 Å². The van der Waals surface area contributed by atoms with Crippen LogP contribution < -0.4 is 35.4 Å². The molecule has 2 aromatic carbocycles. The smallest absolute Gasteiger partial charge is 0.230 e. The number of methoxy groups -OCH3 is 1. The Morgan fingerprint density at radius 3 is 1.31 bits per heavy atom. The minimum absolute atomic E-state index is 0.0359. The minimum atomic E-state index is -0.683. The molecule has 0 radical (unpaired) electrons. The number of nitrogens with zero attached hydrogens (tertiary/aromatic N) is 24. The molecule has 3 aliphatic rings. The van der Waals surface area contributed by atoms with Crippen LogP contribution in [0.25, 0.3) is 83.3 Å². The number of piperidine rings is 1. The number of fused-ring (bicyclic) bond motifs is 3. The average molecular weight is 1710 g/mol. The van der Waals surface area contributed by atoms with Crippen LogP contribution in [0.5, 0.6) is 5.75 Å². The molecule has 18 rings (SSSR count). The fraction of sp³-hybridized carbons (Fsp3) is 0.213. The van der Waals surface area contributed by atoms with Crippen LogP contribution in [0.15, 0.2) is 202 Å². The second-order valence-corrected chi connectivity index (χ2v) is 31.2. The van der Waals surface area contributed by atoms with Crippen LogP contribution in [0.3, 0.4) is 0 Å². The van der Waals surface area contributed by atoms with E-state index in [9.17, 15) is 25.0 Å². The predicted molar refractivity (Wildman–Crippen MR) is 489 cm³/mol. The predicted octanol–water partition coefficient (Wildman–Crippen LogP) is 12.8. The fourth-order valence-corrected chi connectivity index (χ4v) is 16.4. The Balaban J connectivity index is 0.000000139. The largest absolute Gasteiger partial charge is 0.495 e. The van der Waals surface area contributed by atoms with Gasteiger partial charge in [-0.05, 0) is 140 Å². The Kier molecular flexibility index (Phi) is 24.3. The number of hydrogen-bond acceptors (Lipinski definition) is 20. The lowest BCUT2D eigenvalue weighted by atomic mass is 9.75. The number of rotatable bonds is 16. The number of nitriles is 3. The van der Waals surface area contributed by atoms with Crippen LogP contribution in [0.1, 0.15) is 65.1 Å². The number of halogens is 1. The summed E-state index contributed by atoms with van der Waals surface area (Å²) >= 11 is 11.3. The molecular weight excluding hydrogens is 1620 g/mol. The number of carbonyl (C=O) groups is 1. The average Bonchev–Trinajstić information content (AvgIpc) is 1.75. The van der Waals surface area contributed by atoms with Crippen LogP contribution >= 0.6 is 24.4 Å². The van der Waals surface area contributed by atoms with Gasteiger partial charge in [0.05, 0.1) is 106 Å². The summed E-state index contributed by atoms with van der Waals surface area (Å²) in [7, 11) is 7.25. The summed E-state index contributed by atoms with van der Waals surface area (Å²) in [6.45, 7) is 10.0. The van der Waals surface area contributed by atoms with Crippen molar-refractivity contribution in [1.29, 1.82) is 15.8 Å². The molecule has 0 atom stereocenters. The number of carbonyl (C=O) groups excluding carboxylic acids is 1. The third-order valence-electron chi connectivity index (χ3n) is 22.9. The van der Waals surface area contributed by atoms with Crippen LogP contribution in [0, 0.1) is 82.4 Å². The maximum Gasteiger partial charge on any atom is 0.230 e. The van der Waals surface area contributed by atoms with Crippen molar-refractivity contribution in [2.45, 2.75) is 32.7 Å². The first-order valence-electron chi connectivity index (χ1n) is 40.4. The number of thiocarbonyl (C=S) groups is 2. The van der Waals surface area contributed by atoms with Crippen molar-refractivity contribution in [3.63, 3.8) is 0 Å². The Bertz CT molecular complexity index is 6910. The van der Waals surface area contributed by atoms with Gasteiger partial charge in [0.2, 0.25) is 11.9 Å². The maximum atomic E-state index is 13.6. The summed E-state index contributed by atoms with van der Waals surface area (Å²) in [5.74, 6) is 10.2. The van der Waals surface area contributed by atoms with E-state index in [1.807, 2.05) is 173 Å². The van der Waals surface area contributed by atoms with E-state index in [0.717, 1.165) is 187 Å². The van der Waals surface area contributed by atoms with Crippen molar-refractivity contribution in [2.75, 3.05) is 97.9 Å². The van der Waals surface area contributed by atoms with Gasteiger partial charge in [0, 0.05) is 227 Å². The third-order valence-corrected chi connectivity index (χ3v) is 23.6. The molecule has 13 aromatic heterocycles. The van der Waals surface area contributed by atoms with Crippen molar-refractivity contribution in [1.82, 2.24) is 93.2 Å². The molecule has 1 amide bonds. The lowest BCUT2D eigenvalue weighted by Gasteiger charge is -2.40. The monoisotopic (exact) mass is 1700 g/mol. The Hall–Kier alpha value is -16.1. The van der Waals surface area contributed by atoms with E-state index in [-0.39, 0.29) is 11.5 Å². The third kappa shape index (κ3) is 17.7. The van der Waals surface area contributed by atoms with Crippen LogP contribution in [-0.4, -0.2) is 177 Å². The maximum absolute atomic E-state index is 13.6. The number of ether oxygens (including phenoxy) is 1. The highest BCUT2D eigenvalue weighted by Gasteiger charge is 2.40. The quantitative estimate of drug-likeness (QED) is 0.0460. The Morgan fingerprint density at radius 1 is 0.460 bits per heavy atom. The highest BCUT2D eigenvalue weighted by molar-refractivity contribution is 7.80. The van der Waals surface area contributed by atoms with Crippen LogP contribution in [0.2, 0.25) is 0 Å². The standard InChI is InChI=1S/C33H30N8O.C32H29N9OS.C29H23FN10S/c1-4-23-7-6-8-28(15-23)38-32(42)33(5-2)11-13-40(14-12-33)30-10-9-24(18-35-30)29-16-25(27-20-36-39(3)21-27)22-41-31(29)26(17-34)19-37-41;1-4-23-6-5-22(13-29(23)42-3)16-35-32(43)40-11-9-39(10-12-40)30-8-7-24(17-34-30)28-14-25(27-19-36-38(2)20-27)21-41-31(28)26(15-33)18-37-41;1-3-19-10-24(16-33-28(19)30)36-29(41)39-8-6-38(7-9-39)26-5-4-20(13-32-26)25-11-21(23-15-34-37(2)17-23)18-40-27(25)22(12-31)14-35-40/h1,6-10,15-16,18-22H,5,11-14H2,2-3H3,(H,38,42);1,5-8,13-14,17-21H,9-12,16H2,2-3H3,(H,35,43);1,4-5,10-11,13-18H,6-9H2,2H3,(H,36,41). The number of pyridine rings is 7. The second kappa shape index (κ2) is 36.7. The van der Waals surface area contributed by atoms with Crippen molar-refractivity contribution in [2.24, 2.45) is 26.6 Å². The molecule has 16 heterocycles. The van der Waals surface area contributed by atoms with Gasteiger partial charge < -0.3 is 45.2 Å². The zero-order chi connectivity index (χ0) is 87.7. The molecule has 15 aromatic rings. The number of anilines is 5. The molecule has 126 heavy (non-hydrogen) atoms. The van der Waals surface area contributed by atoms with Gasteiger partial charge in [0.1, 0.15) is 41.4 Å². The fourth-order valence-electron chi connectivity index (χ4n) is 15.9. The number of hydrogen-bond donors (Lipinski definition) is 3. The number of amides is 1. The topological polar surface area (TPSA) is 307 Å². The second-order valence-electron chi connectivity index (χ2n) is 30.5. The van der Waals surface area contributed by atoms with Gasteiger partial charge in [0.25, 0.3) is 0 Å². The van der Waals surface area contributed by atoms with Gasteiger partial charge in [0.15, 0.2) is 10.2 Å². The number of aromatic nitrogens is 16. The summed E-state index contributed by atoms with van der Waals surface area (Å²) in [5, 5.41) is 66.1. The SMILES string of the molecule is C#Cc1cc(NC(=S)N2CCN(c3ccc(-c4cc(-c5cnn(C)c5)cn5ncc(C#N)c45)cn3)CC2)cnc1F.C#Cc1ccc(CNC(=S)N2CCN(c3ccc(-c4cc(-c5cnn(C)c5)cn5ncc(C#N)c45)cn3)CC2)cc1OC.C#Cc1cccc(NC(=O)C2(CC)CCN(c3ccc(-c4cc(-c5cnn(C)c5)cn5ncc(C#N)c45)cn3)CC2)c1. The van der Waals surface area contributed by atoms with Gasteiger partial charge in [-0.2, -0.15) is 50.8 Å². The van der Waals surface area contributed by atoms with Gasteiger partial charge >= 0.3 is 0 Å². The first kappa shape index (κ1) is 83.5. The molecule has 624 valence electrons. The summed E-state index contributed by atoms with van der Waals surface area (Å²) in [4.78, 5) is 42.4. The van der Waals surface area contributed by atoms with Crippen molar-refractivity contribution < 1.29 is 13.9 Å². The molecule has 3 fully saturated rings. The van der Waals surface area contributed by atoms with E-state index in [0.29, 0.717) is 66.0 Å². The van der Waals surface area contributed by atoms with Gasteiger partial charge in [-0.1, -0.05) is 36.8 Å². The summed E-state index contributed by atoms with van der Waals surface area (Å²) in [5.41, 5.74) is 18.2. The number of benzene rings is 2. The molecule has 3 saturated heterocycles. The Labute approximate surface area is 736 Å². The van der Waals surface area contributed by atoms with E-state index in [2.05, 4.69) is 132 Å². The zero-order valence-electron chi connectivity index (χ0n) is 69.4. The van der Waals surface area contributed by atoms with Crippen LogP contribution in [0.4, 0.5) is 33.2 Å². The molecule has 0 unspecified atom stereocenters. The first-order valence-corrected chi connectivity index (χ1v) is 41.2. The van der Waals surface area contributed by atoms with E-state index in [1.54, 1.807) is 59.5 Å². The van der Waals surface area contributed by atoms with E-state index in [4.69, 9.17) is 63.4 Å². The number of piperazine rings is 2. The molecule has 3 N–H and O–H groups in total. The first-order chi connectivity index (χ1) is 61.3. The molecule has 0 saturated carbocycles. The normalized spacial score (nSPS) is 13.5. The number of terminal acetylenes is 3. The summed E-state index contributed by atoms with van der Waals surface area (Å²) in [6.07, 6.45) is 47.3. The van der Waals surface area contributed by atoms with Gasteiger partial charge in [-0.3, -0.25) is 18.8 Å². The minimum Gasteiger partial charge on any atom is -0.495 e. The zero-order valence-corrected chi connectivity index (χ0v) is 71.1. The highest BCUT2D eigenvalue weighted by Crippen LogP contribution is 2.40. The molecule has 3 aliphatic heterocycles. The molecule has 32 heteroatoms. The molecule has 0 spiro atoms. The Morgan fingerprint density at radius 2 is 0.913 bits per heavy atom. The number of aryl methyl sites for hydroxylation is 3. The van der Waals surface area contributed by atoms with Crippen molar-refractivity contribution >= 4 is 85.9 Å². The van der Waals surface area contributed by atoms with Crippen molar-refractivity contribution in [3.05, 3.63) is 247 Å². The molecule has 29 nitrogen and oxygen atoms in total. The van der Waals surface area contributed by atoms with Gasteiger partial charge in [-0.15, -0.1) is 19.3 Å². The number of nitrogens with one attached hydrogen (secondary N) is 3.